The minimum atomic E-state index is -1.05. The summed E-state index contributed by atoms with van der Waals surface area (Å²) in [5, 5.41) is 5.16. The summed E-state index contributed by atoms with van der Waals surface area (Å²) in [5.41, 5.74) is 0.110. The van der Waals surface area contributed by atoms with Crippen molar-refractivity contribution in [1.29, 1.82) is 0 Å². The molecule has 2 aromatic rings. The number of hydrogen-bond donors (Lipinski definition) is 2. The van der Waals surface area contributed by atoms with Crippen LogP contribution in [0.4, 0.5) is 10.1 Å². The van der Waals surface area contributed by atoms with Crippen molar-refractivity contribution in [2.75, 3.05) is 18.5 Å². The molecule has 0 bridgehead atoms. The van der Waals surface area contributed by atoms with E-state index in [0.717, 1.165) is 6.07 Å². The molecule has 0 aromatic heterocycles. The molecule has 0 radical (unpaired) electrons. The molecule has 2 N–H and O–H groups in total. The number of benzene rings is 2. The Morgan fingerprint density at radius 1 is 1.11 bits per heavy atom. The van der Waals surface area contributed by atoms with Gasteiger partial charge in [0.25, 0.3) is 11.8 Å². The van der Waals surface area contributed by atoms with Gasteiger partial charge in [0, 0.05) is 6.54 Å². The van der Waals surface area contributed by atoms with E-state index in [1.54, 1.807) is 24.3 Å². The van der Waals surface area contributed by atoms with Crippen molar-refractivity contribution in [3.63, 3.8) is 0 Å². The molecule has 28 heavy (non-hydrogen) atoms. The van der Waals surface area contributed by atoms with Gasteiger partial charge in [-0.3, -0.25) is 9.59 Å². The minimum Gasteiger partial charge on any atom is -0.452 e. The highest BCUT2D eigenvalue weighted by atomic mass is 35.5. The molecule has 8 heteroatoms. The lowest BCUT2D eigenvalue weighted by Gasteiger charge is -2.13. The van der Waals surface area contributed by atoms with E-state index in [1.165, 1.54) is 12.1 Å². The average Bonchev–Trinajstić information content (AvgIpc) is 2.64. The van der Waals surface area contributed by atoms with Gasteiger partial charge in [-0.2, -0.15) is 0 Å². The zero-order valence-electron chi connectivity index (χ0n) is 15.4. The first-order valence-electron chi connectivity index (χ1n) is 8.57. The summed E-state index contributed by atoms with van der Waals surface area (Å²) in [6.07, 6.45) is 0. The van der Waals surface area contributed by atoms with E-state index in [4.69, 9.17) is 16.3 Å². The maximum Gasteiger partial charge on any atom is 0.343 e. The van der Waals surface area contributed by atoms with Crippen molar-refractivity contribution in [1.82, 2.24) is 5.32 Å². The topological polar surface area (TPSA) is 84.5 Å². The monoisotopic (exact) mass is 406 g/mol. The summed E-state index contributed by atoms with van der Waals surface area (Å²) in [5.74, 6) is -2.63. The maximum atomic E-state index is 13.7. The number of esters is 1. The molecule has 0 fully saturated rings. The quantitative estimate of drug-likeness (QED) is 0.687. The van der Waals surface area contributed by atoms with Crippen molar-refractivity contribution in [3.8, 4) is 0 Å². The number of carbonyl (C=O) groups excluding carboxylic acids is 3. The molecule has 2 aromatic carbocycles. The van der Waals surface area contributed by atoms with E-state index >= 15 is 0 Å². The van der Waals surface area contributed by atoms with Gasteiger partial charge in [-0.05, 0) is 30.2 Å². The molecule has 0 aliphatic heterocycles. The standard InChI is InChI=1S/C20H20ClFN2O4/c1-12(2)10-23-19(26)13-6-3-4-9-16(13)24-17(25)11-28-20(27)18-14(21)7-5-8-15(18)22/h3-9,12H,10-11H2,1-2H3,(H,23,26)(H,24,25). The third kappa shape index (κ3) is 5.79. The average molecular weight is 407 g/mol. The van der Waals surface area contributed by atoms with Gasteiger partial charge < -0.3 is 15.4 Å². The van der Waals surface area contributed by atoms with Crippen LogP contribution in [0.15, 0.2) is 42.5 Å². The Balaban J connectivity index is 2.00. The largest absolute Gasteiger partial charge is 0.452 e. The van der Waals surface area contributed by atoms with Gasteiger partial charge in [-0.1, -0.05) is 43.6 Å². The number of rotatable bonds is 7. The Hall–Kier alpha value is -2.93. The zero-order valence-corrected chi connectivity index (χ0v) is 16.2. The van der Waals surface area contributed by atoms with Crippen LogP contribution in [0.3, 0.4) is 0 Å². The molecule has 0 saturated carbocycles. The van der Waals surface area contributed by atoms with Crippen LogP contribution in [0.2, 0.25) is 5.02 Å². The highest BCUT2D eigenvalue weighted by Crippen LogP contribution is 2.20. The molecule has 0 spiro atoms. The van der Waals surface area contributed by atoms with E-state index < -0.39 is 29.9 Å². The zero-order chi connectivity index (χ0) is 20.7. The number of amides is 2. The van der Waals surface area contributed by atoms with Gasteiger partial charge in [-0.25, -0.2) is 9.18 Å². The van der Waals surface area contributed by atoms with Crippen LogP contribution in [-0.4, -0.2) is 30.9 Å². The lowest BCUT2D eigenvalue weighted by Crippen LogP contribution is -2.29. The van der Waals surface area contributed by atoms with Crippen LogP contribution in [0, 0.1) is 11.7 Å². The Labute approximate surface area is 167 Å². The molecule has 0 aliphatic rings. The van der Waals surface area contributed by atoms with Crippen LogP contribution in [-0.2, 0) is 9.53 Å². The smallest absolute Gasteiger partial charge is 0.343 e. The first kappa shape index (κ1) is 21.4. The summed E-state index contributed by atoms with van der Waals surface area (Å²) in [6, 6.07) is 10.2. The molecular formula is C20H20ClFN2O4. The molecule has 148 valence electrons. The first-order chi connectivity index (χ1) is 13.3. The van der Waals surface area contributed by atoms with E-state index in [0.29, 0.717) is 6.54 Å². The van der Waals surface area contributed by atoms with Gasteiger partial charge in [-0.15, -0.1) is 0 Å². The third-order valence-electron chi connectivity index (χ3n) is 3.62. The molecule has 2 amide bonds. The summed E-state index contributed by atoms with van der Waals surface area (Å²) >= 11 is 5.79. The Bertz CT molecular complexity index is 866. The van der Waals surface area contributed by atoms with E-state index in [1.807, 2.05) is 13.8 Å². The van der Waals surface area contributed by atoms with Crippen LogP contribution in [0.5, 0.6) is 0 Å². The highest BCUT2D eigenvalue weighted by Gasteiger charge is 2.19. The second kappa shape index (κ2) is 9.85. The van der Waals surface area contributed by atoms with Crippen molar-refractivity contribution in [3.05, 3.63) is 64.4 Å². The fourth-order valence-electron chi connectivity index (χ4n) is 2.26. The van der Waals surface area contributed by atoms with Crippen molar-refractivity contribution >= 4 is 35.1 Å². The Morgan fingerprint density at radius 3 is 2.50 bits per heavy atom. The maximum absolute atomic E-state index is 13.7. The van der Waals surface area contributed by atoms with Crippen LogP contribution < -0.4 is 10.6 Å². The van der Waals surface area contributed by atoms with Crippen LogP contribution >= 0.6 is 11.6 Å². The van der Waals surface area contributed by atoms with Crippen LogP contribution in [0.1, 0.15) is 34.6 Å². The second-order valence-electron chi connectivity index (χ2n) is 6.37. The highest BCUT2D eigenvalue weighted by molar-refractivity contribution is 6.33. The van der Waals surface area contributed by atoms with Gasteiger partial charge in [0.2, 0.25) is 0 Å². The number of nitrogens with one attached hydrogen (secondary N) is 2. The number of anilines is 1. The molecule has 0 atom stereocenters. The second-order valence-corrected chi connectivity index (χ2v) is 6.78. The SMILES string of the molecule is CC(C)CNC(=O)c1ccccc1NC(=O)COC(=O)c1c(F)cccc1Cl. The third-order valence-corrected chi connectivity index (χ3v) is 3.93. The molecule has 6 nitrogen and oxygen atoms in total. The lowest BCUT2D eigenvalue weighted by molar-refractivity contribution is -0.119. The fourth-order valence-corrected chi connectivity index (χ4v) is 2.50. The normalized spacial score (nSPS) is 10.5. The predicted molar refractivity (Wildman–Crippen MR) is 104 cm³/mol. The molecule has 0 unspecified atom stereocenters. The van der Waals surface area contributed by atoms with Crippen molar-refractivity contribution in [2.45, 2.75) is 13.8 Å². The molecular weight excluding hydrogens is 387 g/mol. The van der Waals surface area contributed by atoms with Gasteiger partial charge in [0.1, 0.15) is 11.4 Å². The first-order valence-corrected chi connectivity index (χ1v) is 8.95. The van der Waals surface area contributed by atoms with E-state index in [9.17, 15) is 18.8 Å². The number of ether oxygens (including phenoxy) is 1. The summed E-state index contributed by atoms with van der Waals surface area (Å²) < 4.78 is 18.5. The predicted octanol–water partition coefficient (Wildman–Crippen LogP) is 3.66. The van der Waals surface area contributed by atoms with Gasteiger partial charge >= 0.3 is 5.97 Å². The number of carbonyl (C=O) groups is 3. The fraction of sp³-hybridized carbons (Fsp3) is 0.250. The Morgan fingerprint density at radius 2 is 1.82 bits per heavy atom. The minimum absolute atomic E-state index is 0.113. The van der Waals surface area contributed by atoms with Crippen LogP contribution in [0.25, 0.3) is 0 Å². The van der Waals surface area contributed by atoms with Crippen molar-refractivity contribution in [2.24, 2.45) is 5.92 Å². The van der Waals surface area contributed by atoms with Crippen molar-refractivity contribution < 1.29 is 23.5 Å². The number of para-hydroxylation sites is 1. The molecule has 2 rings (SSSR count). The Kier molecular flexibility index (Phi) is 7.52. The lowest BCUT2D eigenvalue weighted by atomic mass is 10.1. The summed E-state index contributed by atoms with van der Waals surface area (Å²) in [7, 11) is 0. The number of hydrogen-bond acceptors (Lipinski definition) is 4. The van der Waals surface area contributed by atoms with Gasteiger partial charge in [0.15, 0.2) is 6.61 Å². The van der Waals surface area contributed by atoms with E-state index in [-0.39, 0.29) is 28.1 Å². The molecule has 0 saturated heterocycles. The molecule has 0 heterocycles. The summed E-state index contributed by atoms with van der Waals surface area (Å²) in [4.78, 5) is 36.4. The molecule has 0 aliphatic carbocycles. The van der Waals surface area contributed by atoms with E-state index in [2.05, 4.69) is 10.6 Å². The van der Waals surface area contributed by atoms with Gasteiger partial charge in [0.05, 0.1) is 16.3 Å². The number of halogens is 2. The summed E-state index contributed by atoms with van der Waals surface area (Å²) in [6.45, 7) is 3.75.